The summed E-state index contributed by atoms with van der Waals surface area (Å²) in [6, 6.07) is 9.47. The number of hydrogen-bond acceptors (Lipinski definition) is 4. The predicted molar refractivity (Wildman–Crippen MR) is 92.4 cm³/mol. The van der Waals surface area contributed by atoms with Crippen LogP contribution in [-0.4, -0.2) is 17.9 Å². The van der Waals surface area contributed by atoms with Crippen LogP contribution in [0.2, 0.25) is 0 Å². The van der Waals surface area contributed by atoms with Crippen LogP contribution in [-0.2, 0) is 11.2 Å². The van der Waals surface area contributed by atoms with Crippen LogP contribution in [0, 0.1) is 6.92 Å². The van der Waals surface area contributed by atoms with Crippen molar-refractivity contribution in [3.8, 4) is 22.6 Å². The summed E-state index contributed by atoms with van der Waals surface area (Å²) in [7, 11) is 0. The summed E-state index contributed by atoms with van der Waals surface area (Å²) >= 11 is 0. The van der Waals surface area contributed by atoms with E-state index in [0.29, 0.717) is 16.9 Å². The minimum Gasteiger partial charge on any atom is -0.507 e. The molecule has 0 radical (unpaired) electrons. The van der Waals surface area contributed by atoms with E-state index in [9.17, 15) is 9.90 Å². The summed E-state index contributed by atoms with van der Waals surface area (Å²) < 4.78 is 10.7. The first-order chi connectivity index (χ1) is 11.6. The van der Waals surface area contributed by atoms with E-state index in [0.717, 1.165) is 42.4 Å². The molecule has 0 amide bonds. The van der Waals surface area contributed by atoms with Crippen LogP contribution in [0.3, 0.4) is 0 Å². The minimum atomic E-state index is -0.378. The van der Waals surface area contributed by atoms with Crippen molar-refractivity contribution in [2.75, 3.05) is 6.79 Å². The molecular weight excluding hydrogens is 304 g/mol. The summed E-state index contributed by atoms with van der Waals surface area (Å²) in [5.41, 5.74) is 3.71. The second kappa shape index (κ2) is 6.95. The minimum absolute atomic E-state index is 0.123. The molecule has 24 heavy (non-hydrogen) atoms. The second-order valence-electron chi connectivity index (χ2n) is 6.15. The maximum absolute atomic E-state index is 12.3. The van der Waals surface area contributed by atoms with Gasteiger partial charge in [-0.15, -0.1) is 0 Å². The fourth-order valence-electron chi connectivity index (χ4n) is 3.12. The van der Waals surface area contributed by atoms with Gasteiger partial charge in [0.05, 0.1) is 5.56 Å². The summed E-state index contributed by atoms with van der Waals surface area (Å²) in [4.78, 5) is 12.3. The van der Waals surface area contributed by atoms with Crippen LogP contribution in [0.4, 0.5) is 0 Å². The number of ether oxygens (including phenoxy) is 2. The second-order valence-corrected chi connectivity index (χ2v) is 6.15. The average molecular weight is 326 g/mol. The Labute approximate surface area is 142 Å². The zero-order chi connectivity index (χ0) is 17.1. The number of phenols is 1. The maximum atomic E-state index is 12.3. The number of carbonyl (C=O) groups is 1. The average Bonchev–Trinajstić information content (AvgIpc) is 2.55. The molecule has 126 valence electrons. The van der Waals surface area contributed by atoms with Gasteiger partial charge in [0.1, 0.15) is 17.1 Å². The molecule has 0 atom stereocenters. The SMILES string of the molecule is CCCCCc1cc(O)c(-c2cccc(C)c2)c2c1C(=O)OCO2. The number of benzene rings is 2. The highest BCUT2D eigenvalue weighted by Gasteiger charge is 2.29. The molecule has 2 aromatic carbocycles. The molecule has 1 aliphatic rings. The van der Waals surface area contributed by atoms with Crippen LogP contribution >= 0.6 is 0 Å². The van der Waals surface area contributed by atoms with E-state index in [-0.39, 0.29) is 18.5 Å². The molecule has 4 heteroatoms. The quantitative estimate of drug-likeness (QED) is 0.644. The molecule has 1 aliphatic heterocycles. The van der Waals surface area contributed by atoms with Gasteiger partial charge in [-0.3, -0.25) is 0 Å². The number of rotatable bonds is 5. The first-order valence-corrected chi connectivity index (χ1v) is 8.37. The molecule has 4 nitrogen and oxygen atoms in total. The molecule has 1 N–H and O–H groups in total. The Morgan fingerprint density at radius 2 is 1.96 bits per heavy atom. The van der Waals surface area contributed by atoms with Crippen molar-refractivity contribution >= 4 is 5.97 Å². The highest BCUT2D eigenvalue weighted by molar-refractivity contribution is 5.99. The Morgan fingerprint density at radius 3 is 2.71 bits per heavy atom. The third-order valence-corrected chi connectivity index (χ3v) is 4.30. The van der Waals surface area contributed by atoms with Crippen LogP contribution in [0.5, 0.6) is 11.5 Å². The number of esters is 1. The lowest BCUT2D eigenvalue weighted by Gasteiger charge is -2.23. The maximum Gasteiger partial charge on any atom is 0.345 e. The van der Waals surface area contributed by atoms with Gasteiger partial charge in [-0.1, -0.05) is 49.6 Å². The molecule has 0 bridgehead atoms. The number of fused-ring (bicyclic) bond motifs is 1. The van der Waals surface area contributed by atoms with E-state index >= 15 is 0 Å². The van der Waals surface area contributed by atoms with Gasteiger partial charge in [0, 0.05) is 0 Å². The lowest BCUT2D eigenvalue weighted by molar-refractivity contribution is 0.00486. The highest BCUT2D eigenvalue weighted by atomic mass is 16.7. The van der Waals surface area contributed by atoms with E-state index in [2.05, 4.69) is 6.92 Å². The number of aryl methyl sites for hydroxylation is 2. The van der Waals surface area contributed by atoms with Gasteiger partial charge in [0.15, 0.2) is 0 Å². The zero-order valence-electron chi connectivity index (χ0n) is 14.1. The van der Waals surface area contributed by atoms with Crippen molar-refractivity contribution in [2.24, 2.45) is 0 Å². The number of aromatic hydroxyl groups is 1. The van der Waals surface area contributed by atoms with Gasteiger partial charge >= 0.3 is 5.97 Å². The fraction of sp³-hybridized carbons (Fsp3) is 0.350. The lowest BCUT2D eigenvalue weighted by atomic mass is 9.92. The Bertz CT molecular complexity index is 764. The molecule has 0 spiro atoms. The smallest absolute Gasteiger partial charge is 0.345 e. The molecule has 0 aromatic heterocycles. The molecule has 3 rings (SSSR count). The summed E-state index contributed by atoms with van der Waals surface area (Å²) in [6.45, 7) is 3.99. The summed E-state index contributed by atoms with van der Waals surface area (Å²) in [6.07, 6.45) is 3.84. The monoisotopic (exact) mass is 326 g/mol. The van der Waals surface area contributed by atoms with Crippen molar-refractivity contribution in [3.63, 3.8) is 0 Å². The fourth-order valence-corrected chi connectivity index (χ4v) is 3.12. The van der Waals surface area contributed by atoms with Gasteiger partial charge in [0.2, 0.25) is 6.79 Å². The normalized spacial score (nSPS) is 13.2. The van der Waals surface area contributed by atoms with Crippen molar-refractivity contribution in [1.82, 2.24) is 0 Å². The van der Waals surface area contributed by atoms with Gasteiger partial charge in [-0.05, 0) is 37.0 Å². The Morgan fingerprint density at radius 1 is 1.12 bits per heavy atom. The van der Waals surface area contributed by atoms with E-state index in [1.807, 2.05) is 31.2 Å². The molecule has 0 aliphatic carbocycles. The Balaban J connectivity index is 2.14. The van der Waals surface area contributed by atoms with Gasteiger partial charge in [-0.25, -0.2) is 4.79 Å². The molecule has 0 saturated heterocycles. The molecular formula is C20H22O4. The van der Waals surface area contributed by atoms with E-state index in [1.54, 1.807) is 6.07 Å². The van der Waals surface area contributed by atoms with Crippen LogP contribution in [0.15, 0.2) is 30.3 Å². The first-order valence-electron chi connectivity index (χ1n) is 8.37. The number of hydrogen-bond donors (Lipinski definition) is 1. The third-order valence-electron chi connectivity index (χ3n) is 4.30. The number of carbonyl (C=O) groups excluding carboxylic acids is 1. The van der Waals surface area contributed by atoms with Crippen molar-refractivity contribution in [3.05, 3.63) is 47.0 Å². The number of cyclic esters (lactones) is 1. The standard InChI is InChI=1S/C20H22O4/c1-3-4-5-8-15-11-16(21)17(14-9-6-7-13(2)10-14)19-18(15)20(22)24-12-23-19/h6-7,9-11,21H,3-5,8,12H2,1-2H3. The van der Waals surface area contributed by atoms with Gasteiger partial charge < -0.3 is 14.6 Å². The largest absolute Gasteiger partial charge is 0.507 e. The van der Waals surface area contributed by atoms with Crippen LogP contribution < -0.4 is 4.74 Å². The summed E-state index contributed by atoms with van der Waals surface area (Å²) in [5, 5.41) is 10.6. The van der Waals surface area contributed by atoms with E-state index in [1.165, 1.54) is 0 Å². The van der Waals surface area contributed by atoms with Crippen LogP contribution in [0.25, 0.3) is 11.1 Å². The van der Waals surface area contributed by atoms with Crippen molar-refractivity contribution in [2.45, 2.75) is 39.5 Å². The molecule has 0 saturated carbocycles. The number of unbranched alkanes of at least 4 members (excludes halogenated alkanes) is 2. The molecule has 0 unspecified atom stereocenters. The Kier molecular flexibility index (Phi) is 4.74. The van der Waals surface area contributed by atoms with E-state index < -0.39 is 0 Å². The van der Waals surface area contributed by atoms with E-state index in [4.69, 9.17) is 9.47 Å². The Hall–Kier alpha value is -2.49. The summed E-state index contributed by atoms with van der Waals surface area (Å²) in [5.74, 6) is 0.195. The number of phenolic OH excluding ortho intramolecular Hbond substituents is 1. The van der Waals surface area contributed by atoms with Crippen molar-refractivity contribution in [1.29, 1.82) is 0 Å². The lowest BCUT2D eigenvalue weighted by Crippen LogP contribution is -2.21. The third kappa shape index (κ3) is 3.09. The predicted octanol–water partition coefficient (Wildman–Crippen LogP) is 4.61. The first kappa shape index (κ1) is 16.4. The zero-order valence-corrected chi connectivity index (χ0v) is 14.1. The van der Waals surface area contributed by atoms with Gasteiger partial charge in [-0.2, -0.15) is 0 Å². The highest BCUT2D eigenvalue weighted by Crippen LogP contribution is 2.44. The molecule has 0 fully saturated rings. The molecule has 2 aromatic rings. The topological polar surface area (TPSA) is 55.8 Å². The van der Waals surface area contributed by atoms with Crippen LogP contribution in [0.1, 0.15) is 47.7 Å². The van der Waals surface area contributed by atoms with Gasteiger partial charge in [0.25, 0.3) is 0 Å². The molecule has 1 heterocycles. The van der Waals surface area contributed by atoms with Crippen molar-refractivity contribution < 1.29 is 19.4 Å².